The Morgan fingerprint density at radius 2 is 2.14 bits per heavy atom. The number of nitrogens with one attached hydrogen (secondary N) is 1. The molecule has 0 saturated heterocycles. The summed E-state index contributed by atoms with van der Waals surface area (Å²) >= 11 is 5.83. The van der Waals surface area contributed by atoms with Crippen LogP contribution in [0.4, 0.5) is 5.82 Å². The first-order chi connectivity index (χ1) is 6.46. The van der Waals surface area contributed by atoms with E-state index in [1.165, 1.54) is 6.33 Å². The van der Waals surface area contributed by atoms with Crippen molar-refractivity contribution in [2.75, 3.05) is 11.9 Å². The summed E-state index contributed by atoms with van der Waals surface area (Å²) in [6.07, 6.45) is 1.39. The van der Waals surface area contributed by atoms with Crippen LogP contribution in [0.1, 0.15) is 19.4 Å². The van der Waals surface area contributed by atoms with E-state index in [-0.39, 0.29) is 6.61 Å². The van der Waals surface area contributed by atoms with Gasteiger partial charge in [0.25, 0.3) is 0 Å². The minimum absolute atomic E-state index is 0.0219. The fraction of sp³-hybridized carbons (Fsp3) is 0.556. The van der Waals surface area contributed by atoms with E-state index in [9.17, 15) is 0 Å². The number of anilines is 1. The van der Waals surface area contributed by atoms with Crippen molar-refractivity contribution in [3.63, 3.8) is 0 Å². The lowest BCUT2D eigenvalue weighted by Gasteiger charge is -2.25. The van der Waals surface area contributed by atoms with Gasteiger partial charge in [-0.15, -0.1) is 0 Å². The van der Waals surface area contributed by atoms with Gasteiger partial charge in [-0.1, -0.05) is 11.6 Å². The van der Waals surface area contributed by atoms with Gasteiger partial charge in [0.05, 0.1) is 12.1 Å². The van der Waals surface area contributed by atoms with Crippen LogP contribution in [0.15, 0.2) is 6.33 Å². The van der Waals surface area contributed by atoms with Gasteiger partial charge in [0.1, 0.15) is 17.3 Å². The molecule has 0 aliphatic rings. The summed E-state index contributed by atoms with van der Waals surface area (Å²) in [5.41, 5.74) is 0.373. The molecule has 0 atom stereocenters. The summed E-state index contributed by atoms with van der Waals surface area (Å²) in [5.74, 6) is 0.657. The van der Waals surface area contributed by atoms with Crippen molar-refractivity contribution in [3.8, 4) is 0 Å². The largest absolute Gasteiger partial charge is 0.394 e. The maximum atomic E-state index is 9.08. The molecule has 0 aliphatic carbocycles. The molecule has 78 valence electrons. The molecular formula is C9H14ClN3O. The van der Waals surface area contributed by atoms with Crippen LogP contribution in [0.3, 0.4) is 0 Å². The average molecular weight is 216 g/mol. The molecule has 0 fully saturated rings. The number of aliphatic hydroxyl groups excluding tert-OH is 1. The first kappa shape index (κ1) is 11.2. The van der Waals surface area contributed by atoms with Gasteiger partial charge in [0.2, 0.25) is 0 Å². The molecule has 4 nitrogen and oxygen atoms in total. The van der Waals surface area contributed by atoms with E-state index in [2.05, 4.69) is 15.3 Å². The molecule has 5 heteroatoms. The highest BCUT2D eigenvalue weighted by Crippen LogP contribution is 2.20. The van der Waals surface area contributed by atoms with Gasteiger partial charge in [-0.3, -0.25) is 0 Å². The van der Waals surface area contributed by atoms with Crippen molar-refractivity contribution in [1.82, 2.24) is 9.97 Å². The van der Waals surface area contributed by atoms with E-state index in [4.69, 9.17) is 16.7 Å². The molecular weight excluding hydrogens is 202 g/mol. The third-order valence-electron chi connectivity index (χ3n) is 1.87. The number of nitrogens with zero attached hydrogens (tertiary/aromatic N) is 2. The monoisotopic (exact) mass is 215 g/mol. The number of halogens is 1. The van der Waals surface area contributed by atoms with Crippen LogP contribution in [0, 0.1) is 6.92 Å². The molecule has 0 unspecified atom stereocenters. The Morgan fingerprint density at radius 3 is 2.71 bits per heavy atom. The molecule has 1 aromatic heterocycles. The van der Waals surface area contributed by atoms with Crippen molar-refractivity contribution in [2.45, 2.75) is 26.3 Å². The molecule has 0 bridgehead atoms. The van der Waals surface area contributed by atoms with Crippen molar-refractivity contribution in [2.24, 2.45) is 0 Å². The maximum absolute atomic E-state index is 9.08. The van der Waals surface area contributed by atoms with Crippen molar-refractivity contribution in [1.29, 1.82) is 0 Å². The highest BCUT2D eigenvalue weighted by molar-refractivity contribution is 6.30. The Morgan fingerprint density at radius 1 is 1.50 bits per heavy atom. The normalized spacial score (nSPS) is 11.5. The number of aromatic nitrogens is 2. The first-order valence-electron chi connectivity index (χ1n) is 4.32. The molecule has 0 saturated carbocycles. The summed E-state index contributed by atoms with van der Waals surface area (Å²) in [6, 6.07) is 0. The topological polar surface area (TPSA) is 58.0 Å². The molecule has 14 heavy (non-hydrogen) atoms. The zero-order valence-electron chi connectivity index (χ0n) is 8.50. The predicted octanol–water partition coefficient (Wildman–Crippen LogP) is 1.62. The van der Waals surface area contributed by atoms with Gasteiger partial charge in [-0.2, -0.15) is 0 Å². The van der Waals surface area contributed by atoms with Gasteiger partial charge < -0.3 is 10.4 Å². The zero-order valence-corrected chi connectivity index (χ0v) is 9.26. The Balaban J connectivity index is 2.92. The smallest absolute Gasteiger partial charge is 0.137 e. The summed E-state index contributed by atoms with van der Waals surface area (Å²) in [4.78, 5) is 7.90. The third kappa shape index (κ3) is 2.56. The second-order valence-corrected chi connectivity index (χ2v) is 4.16. The van der Waals surface area contributed by atoms with E-state index < -0.39 is 5.54 Å². The minimum Gasteiger partial charge on any atom is -0.394 e. The Bertz CT molecular complexity index is 328. The van der Waals surface area contributed by atoms with Gasteiger partial charge >= 0.3 is 0 Å². The highest BCUT2D eigenvalue weighted by Gasteiger charge is 2.18. The molecule has 0 amide bonds. The third-order valence-corrected chi connectivity index (χ3v) is 2.26. The molecule has 1 rings (SSSR count). The molecule has 0 radical (unpaired) electrons. The van der Waals surface area contributed by atoms with Gasteiger partial charge in [-0.25, -0.2) is 9.97 Å². The van der Waals surface area contributed by atoms with Crippen molar-refractivity contribution >= 4 is 17.4 Å². The lowest BCUT2D eigenvalue weighted by Crippen LogP contribution is -2.35. The lowest BCUT2D eigenvalue weighted by molar-refractivity contribution is 0.234. The van der Waals surface area contributed by atoms with Crippen molar-refractivity contribution in [3.05, 3.63) is 17.0 Å². The van der Waals surface area contributed by atoms with Gasteiger partial charge in [-0.05, 0) is 20.8 Å². The Hall–Kier alpha value is -0.870. The van der Waals surface area contributed by atoms with E-state index in [0.717, 1.165) is 5.56 Å². The highest BCUT2D eigenvalue weighted by atomic mass is 35.5. The van der Waals surface area contributed by atoms with E-state index >= 15 is 0 Å². The quantitative estimate of drug-likeness (QED) is 0.753. The molecule has 1 heterocycles. The fourth-order valence-corrected chi connectivity index (χ4v) is 1.05. The van der Waals surface area contributed by atoms with E-state index in [0.29, 0.717) is 11.0 Å². The summed E-state index contributed by atoms with van der Waals surface area (Å²) in [7, 11) is 0. The van der Waals surface area contributed by atoms with Crippen LogP contribution in [-0.2, 0) is 0 Å². The number of hydrogen-bond donors (Lipinski definition) is 2. The van der Waals surface area contributed by atoms with Crippen LogP contribution in [0.2, 0.25) is 5.15 Å². The second-order valence-electron chi connectivity index (χ2n) is 3.81. The average Bonchev–Trinajstić information content (AvgIpc) is 2.13. The number of hydrogen-bond acceptors (Lipinski definition) is 4. The molecule has 0 aromatic carbocycles. The SMILES string of the molecule is Cc1c(Cl)ncnc1NC(C)(C)CO. The zero-order chi connectivity index (χ0) is 10.8. The summed E-state index contributed by atoms with van der Waals surface area (Å²) in [5, 5.41) is 12.6. The van der Waals surface area contributed by atoms with E-state index in [1.807, 2.05) is 20.8 Å². The number of aliphatic hydroxyl groups is 1. The predicted molar refractivity (Wildman–Crippen MR) is 56.6 cm³/mol. The molecule has 1 aromatic rings. The second kappa shape index (κ2) is 4.11. The number of rotatable bonds is 3. The minimum atomic E-state index is -0.414. The fourth-order valence-electron chi connectivity index (χ4n) is 0.915. The molecule has 0 spiro atoms. The maximum Gasteiger partial charge on any atom is 0.137 e. The summed E-state index contributed by atoms with van der Waals surface area (Å²) < 4.78 is 0. The van der Waals surface area contributed by atoms with Gasteiger partial charge in [0.15, 0.2) is 0 Å². The summed E-state index contributed by atoms with van der Waals surface area (Å²) in [6.45, 7) is 5.61. The lowest BCUT2D eigenvalue weighted by atomic mass is 10.1. The Labute approximate surface area is 88.3 Å². The van der Waals surface area contributed by atoms with Crippen LogP contribution in [-0.4, -0.2) is 27.2 Å². The standard InChI is InChI=1S/C9H14ClN3O/c1-6-7(10)11-5-12-8(6)13-9(2,3)4-14/h5,14H,4H2,1-3H3,(H,11,12,13). The molecule has 2 N–H and O–H groups in total. The van der Waals surface area contributed by atoms with Gasteiger partial charge in [0, 0.05) is 5.56 Å². The van der Waals surface area contributed by atoms with Crippen LogP contribution in [0.25, 0.3) is 0 Å². The van der Waals surface area contributed by atoms with Crippen molar-refractivity contribution < 1.29 is 5.11 Å². The van der Waals surface area contributed by atoms with E-state index in [1.54, 1.807) is 0 Å². The molecule has 0 aliphatic heterocycles. The van der Waals surface area contributed by atoms with Crippen LogP contribution < -0.4 is 5.32 Å². The first-order valence-corrected chi connectivity index (χ1v) is 4.70. The Kier molecular flexibility index (Phi) is 3.29. The van der Waals surface area contributed by atoms with Crippen LogP contribution >= 0.6 is 11.6 Å². The van der Waals surface area contributed by atoms with Crippen LogP contribution in [0.5, 0.6) is 0 Å².